The van der Waals surface area contributed by atoms with Crippen molar-refractivity contribution in [1.82, 2.24) is 10.6 Å². The van der Waals surface area contributed by atoms with Crippen LogP contribution in [0.25, 0.3) is 0 Å². The summed E-state index contributed by atoms with van der Waals surface area (Å²) in [6.45, 7) is 5.19. The maximum absolute atomic E-state index is 13.4. The molecule has 5 N–H and O–H groups in total. The summed E-state index contributed by atoms with van der Waals surface area (Å²) in [5.74, 6) is -2.14. The third kappa shape index (κ3) is 8.77. The van der Waals surface area contributed by atoms with Crippen molar-refractivity contribution in [3.63, 3.8) is 0 Å². The number of ether oxygens (including phenoxy) is 1. The normalized spacial score (nSPS) is 30.2. The van der Waals surface area contributed by atoms with E-state index < -0.39 is 53.7 Å². The van der Waals surface area contributed by atoms with E-state index in [4.69, 9.17) is 4.74 Å². The van der Waals surface area contributed by atoms with Crippen molar-refractivity contribution in [2.24, 2.45) is 0 Å². The number of aliphatic carboxylic acids is 1. The van der Waals surface area contributed by atoms with Crippen LogP contribution in [-0.4, -0.2) is 70.5 Å². The number of hydrogen-bond acceptors (Lipinski definition) is 6. The largest absolute Gasteiger partial charge is 0.480 e. The van der Waals surface area contributed by atoms with Crippen molar-refractivity contribution < 1.29 is 39.0 Å². The highest BCUT2D eigenvalue weighted by molar-refractivity contribution is 5.88. The first kappa shape index (κ1) is 26.8. The summed E-state index contributed by atoms with van der Waals surface area (Å²) >= 11 is 0. The van der Waals surface area contributed by atoms with Gasteiger partial charge in [0.15, 0.2) is 6.04 Å². The van der Waals surface area contributed by atoms with Crippen molar-refractivity contribution in [3.8, 4) is 0 Å². The summed E-state index contributed by atoms with van der Waals surface area (Å²) in [5, 5.41) is 24.9. The van der Waals surface area contributed by atoms with Gasteiger partial charge in [-0.05, 0) is 52.9 Å². The third-order valence-electron chi connectivity index (χ3n) is 5.79. The Labute approximate surface area is 194 Å². The lowest BCUT2D eigenvalue weighted by molar-refractivity contribution is -0.825. The first-order chi connectivity index (χ1) is 15.5. The van der Waals surface area contributed by atoms with Gasteiger partial charge in [0.25, 0.3) is 5.91 Å². The number of alkyl carbamates (subject to hydrolysis) is 1. The fraction of sp³-hybridized carbons (Fsp3) is 0.739. The maximum atomic E-state index is 13.4. The van der Waals surface area contributed by atoms with Crippen LogP contribution < -0.4 is 15.5 Å². The number of carboxylic acids is 1. The van der Waals surface area contributed by atoms with Gasteiger partial charge in [-0.2, -0.15) is 0 Å². The van der Waals surface area contributed by atoms with Gasteiger partial charge in [-0.1, -0.05) is 25.0 Å². The fourth-order valence-electron chi connectivity index (χ4n) is 4.19. The highest BCUT2D eigenvalue weighted by Gasteiger charge is 2.47. The van der Waals surface area contributed by atoms with Gasteiger partial charge in [-0.15, -0.1) is 0 Å². The number of aliphatic hydroxyl groups excluding tert-OH is 1. The molecule has 2 aliphatic rings. The zero-order chi connectivity index (χ0) is 24.6. The molecule has 10 heteroatoms. The van der Waals surface area contributed by atoms with E-state index in [2.05, 4.69) is 10.6 Å². The zero-order valence-corrected chi connectivity index (χ0v) is 19.8. The Kier molecular flexibility index (Phi) is 9.85. The molecule has 5 unspecified atom stereocenters. The average Bonchev–Trinajstić information content (AvgIpc) is 3.09. The minimum atomic E-state index is -1.14. The van der Waals surface area contributed by atoms with E-state index in [1.807, 2.05) is 12.2 Å². The van der Waals surface area contributed by atoms with E-state index in [9.17, 15) is 29.4 Å². The summed E-state index contributed by atoms with van der Waals surface area (Å²) < 4.78 is 5.31. The third-order valence-corrected chi connectivity index (χ3v) is 5.79. The van der Waals surface area contributed by atoms with Crippen molar-refractivity contribution in [2.75, 3.05) is 6.54 Å². The number of carboxylic acid groups (broad SMARTS) is 1. The highest BCUT2D eigenvalue weighted by Crippen LogP contribution is 2.12. The lowest BCUT2D eigenvalue weighted by atomic mass is 10.0. The van der Waals surface area contributed by atoms with E-state index in [0.717, 1.165) is 19.3 Å². The topological polar surface area (TPSA) is 146 Å². The molecule has 0 aromatic carbocycles. The van der Waals surface area contributed by atoms with Gasteiger partial charge in [-0.25, -0.2) is 14.4 Å². The van der Waals surface area contributed by atoms with Crippen LogP contribution in [0.4, 0.5) is 4.79 Å². The van der Waals surface area contributed by atoms with Gasteiger partial charge in [-0.3, -0.25) is 9.69 Å². The maximum Gasteiger partial charge on any atom is 0.408 e. The second-order valence-electron chi connectivity index (χ2n) is 9.82. The van der Waals surface area contributed by atoms with Crippen molar-refractivity contribution in [1.29, 1.82) is 0 Å². The Balaban J connectivity index is 2.25. The number of allylic oxidation sites excluding steroid dienone is 2. The van der Waals surface area contributed by atoms with Crippen LogP contribution in [0.3, 0.4) is 0 Å². The van der Waals surface area contributed by atoms with Crippen LogP contribution in [0.15, 0.2) is 12.2 Å². The van der Waals surface area contributed by atoms with Gasteiger partial charge in [0.05, 0.1) is 0 Å². The second kappa shape index (κ2) is 12.1. The Bertz CT molecular complexity index is 747. The van der Waals surface area contributed by atoms with E-state index in [1.54, 1.807) is 20.8 Å². The molecule has 0 spiro atoms. The predicted octanol–water partition coefficient (Wildman–Crippen LogP) is 0.294. The molecular weight excluding hydrogens is 430 g/mol. The number of carbonyl (C=O) groups is 4. The van der Waals surface area contributed by atoms with E-state index in [-0.39, 0.29) is 24.3 Å². The monoisotopic (exact) mass is 468 g/mol. The van der Waals surface area contributed by atoms with Crippen LogP contribution in [0.5, 0.6) is 0 Å². The van der Waals surface area contributed by atoms with Crippen molar-refractivity contribution in [2.45, 2.75) is 102 Å². The molecule has 1 saturated heterocycles. The molecule has 2 aliphatic heterocycles. The second-order valence-corrected chi connectivity index (χ2v) is 9.82. The van der Waals surface area contributed by atoms with E-state index >= 15 is 0 Å². The quantitative estimate of drug-likeness (QED) is 0.366. The fourth-order valence-corrected chi connectivity index (χ4v) is 4.19. The first-order valence-corrected chi connectivity index (χ1v) is 11.7. The van der Waals surface area contributed by atoms with Crippen LogP contribution in [0, 0.1) is 0 Å². The lowest BCUT2D eigenvalue weighted by Crippen LogP contribution is -3.19. The molecule has 0 aromatic rings. The van der Waals surface area contributed by atoms with Crippen LogP contribution in [-0.2, 0) is 19.1 Å². The molecule has 3 amide bonds. The minimum Gasteiger partial charge on any atom is -0.480 e. The number of aliphatic hydroxyl groups is 1. The molecule has 0 radical (unpaired) electrons. The summed E-state index contributed by atoms with van der Waals surface area (Å²) in [5.41, 5.74) is -0.733. The standard InChI is InChI=1S/C23H37N3O7/c1-23(2,3)33-22(32)25-16-11-9-7-5-4-6-8-10-12-17(21(30)31)24-19(28)18-13-15(27)14-26(18)20(16)29/h6,8,15-18,27H,4-5,7,9-14H2,1-3H3,(H,24,28)(H,25,32)(H,30,31)/p+1. The number of hydrogen-bond donors (Lipinski definition) is 5. The van der Waals surface area contributed by atoms with Crippen LogP contribution in [0.1, 0.15) is 72.1 Å². The van der Waals surface area contributed by atoms with E-state index in [1.165, 1.54) is 0 Å². The first-order valence-electron chi connectivity index (χ1n) is 11.7. The van der Waals surface area contributed by atoms with Gasteiger partial charge in [0, 0.05) is 6.42 Å². The Hall–Kier alpha value is -2.46. The molecule has 0 bridgehead atoms. The molecule has 186 valence electrons. The summed E-state index contributed by atoms with van der Waals surface area (Å²) in [4.78, 5) is 50.5. The molecule has 0 aromatic heterocycles. The van der Waals surface area contributed by atoms with Gasteiger partial charge < -0.3 is 25.6 Å². The van der Waals surface area contributed by atoms with Crippen LogP contribution >= 0.6 is 0 Å². The van der Waals surface area contributed by atoms with Crippen LogP contribution in [0.2, 0.25) is 0 Å². The average molecular weight is 469 g/mol. The summed E-state index contributed by atoms with van der Waals surface area (Å²) in [7, 11) is 0. The van der Waals surface area contributed by atoms with Gasteiger partial charge in [0.1, 0.15) is 30.3 Å². The number of carbonyl (C=O) groups excluding carboxylic acids is 3. The van der Waals surface area contributed by atoms with Crippen molar-refractivity contribution >= 4 is 23.9 Å². The van der Waals surface area contributed by atoms with Gasteiger partial charge >= 0.3 is 18.0 Å². The summed E-state index contributed by atoms with van der Waals surface area (Å²) in [6.07, 6.45) is 6.77. The summed E-state index contributed by atoms with van der Waals surface area (Å²) in [6, 6.07) is -2.89. The number of nitrogens with one attached hydrogen (secondary N) is 3. The Morgan fingerprint density at radius 2 is 1.82 bits per heavy atom. The van der Waals surface area contributed by atoms with Gasteiger partial charge in [0.2, 0.25) is 0 Å². The zero-order valence-electron chi connectivity index (χ0n) is 19.8. The number of amides is 3. The molecule has 1 fully saturated rings. The number of fused-ring (bicyclic) bond motifs is 1. The number of rotatable bonds is 2. The minimum absolute atomic E-state index is 0.0178. The van der Waals surface area contributed by atoms with E-state index in [0.29, 0.717) is 19.3 Å². The van der Waals surface area contributed by atoms with Crippen molar-refractivity contribution in [3.05, 3.63) is 12.2 Å². The molecule has 2 rings (SSSR count). The lowest BCUT2D eigenvalue weighted by Gasteiger charge is -2.26. The highest BCUT2D eigenvalue weighted by atomic mass is 16.6. The molecule has 0 aliphatic carbocycles. The molecular formula is C23H38N3O7+. The molecule has 2 heterocycles. The molecule has 33 heavy (non-hydrogen) atoms. The smallest absolute Gasteiger partial charge is 0.408 e. The Morgan fingerprint density at radius 3 is 2.48 bits per heavy atom. The Morgan fingerprint density at radius 1 is 1.12 bits per heavy atom. The molecule has 0 saturated carbocycles. The predicted molar refractivity (Wildman–Crippen MR) is 119 cm³/mol. The molecule has 5 atom stereocenters. The molecule has 10 nitrogen and oxygen atoms in total. The SMILES string of the molecule is CC(C)(C)OC(=O)NC1CCCCCC=CCCC(C(=O)O)NC(=O)C2CC(O)C[NH+]2C1=O. The number of quaternary nitrogens is 1.